The average molecular weight is 222 g/mol. The van der Waals surface area contributed by atoms with Gasteiger partial charge in [0, 0.05) is 5.56 Å². The summed E-state index contributed by atoms with van der Waals surface area (Å²) < 4.78 is 0. The Balaban J connectivity index is 2.88. The summed E-state index contributed by atoms with van der Waals surface area (Å²) in [5, 5.41) is 12.4. The van der Waals surface area contributed by atoms with Crippen LogP contribution in [0.15, 0.2) is 12.1 Å². The number of rotatable bonds is 3. The van der Waals surface area contributed by atoms with Gasteiger partial charge < -0.3 is 15.3 Å². The molecule has 0 aliphatic rings. The van der Waals surface area contributed by atoms with E-state index in [4.69, 9.17) is 0 Å². The van der Waals surface area contributed by atoms with Gasteiger partial charge in [-0.05, 0) is 39.6 Å². The molecule has 1 amide bonds. The van der Waals surface area contributed by atoms with Gasteiger partial charge in [0.2, 0.25) is 5.91 Å². The first-order valence-electron chi connectivity index (χ1n) is 5.15. The lowest BCUT2D eigenvalue weighted by atomic mass is 10.1. The highest BCUT2D eigenvalue weighted by Gasteiger charge is 2.10. The number of hydrogen-bond acceptors (Lipinski definition) is 3. The number of phenolic OH excluding ortho intramolecular Hbond substituents is 1. The highest BCUT2D eigenvalue weighted by atomic mass is 16.3. The number of hydrogen-bond donors (Lipinski definition) is 2. The molecular weight excluding hydrogens is 204 g/mol. The van der Waals surface area contributed by atoms with Crippen molar-refractivity contribution in [2.75, 3.05) is 26.0 Å². The minimum atomic E-state index is -0.0817. The Hall–Kier alpha value is -1.55. The summed E-state index contributed by atoms with van der Waals surface area (Å²) in [4.78, 5) is 13.4. The van der Waals surface area contributed by atoms with Gasteiger partial charge in [-0.1, -0.05) is 6.07 Å². The summed E-state index contributed by atoms with van der Waals surface area (Å²) in [6, 6.07) is 3.42. The maximum atomic E-state index is 11.6. The molecule has 0 saturated carbocycles. The van der Waals surface area contributed by atoms with Crippen LogP contribution in [-0.4, -0.2) is 36.6 Å². The second-order valence-electron chi connectivity index (χ2n) is 4.19. The lowest BCUT2D eigenvalue weighted by Gasteiger charge is -2.14. The molecule has 0 fully saturated rings. The van der Waals surface area contributed by atoms with E-state index in [-0.39, 0.29) is 11.7 Å². The maximum absolute atomic E-state index is 11.6. The van der Waals surface area contributed by atoms with Crippen molar-refractivity contribution in [1.82, 2.24) is 4.90 Å². The number of aryl methyl sites for hydroxylation is 1. The van der Waals surface area contributed by atoms with Crippen molar-refractivity contribution in [3.8, 4) is 5.75 Å². The molecule has 1 aromatic rings. The van der Waals surface area contributed by atoms with Crippen LogP contribution in [0.3, 0.4) is 0 Å². The van der Waals surface area contributed by atoms with Gasteiger partial charge in [-0.2, -0.15) is 0 Å². The monoisotopic (exact) mass is 222 g/mol. The summed E-state index contributed by atoms with van der Waals surface area (Å²) >= 11 is 0. The fraction of sp³-hybridized carbons (Fsp3) is 0.417. The molecule has 0 unspecified atom stereocenters. The number of likely N-dealkylation sites (N-methyl/N-ethyl adjacent to an activating group) is 1. The van der Waals surface area contributed by atoms with Crippen LogP contribution < -0.4 is 5.32 Å². The molecule has 0 bridgehead atoms. The van der Waals surface area contributed by atoms with Crippen molar-refractivity contribution in [2.45, 2.75) is 13.8 Å². The molecule has 2 N–H and O–H groups in total. The summed E-state index contributed by atoms with van der Waals surface area (Å²) in [6.07, 6.45) is 0. The molecule has 0 aromatic heterocycles. The molecule has 0 aliphatic carbocycles. The average Bonchev–Trinajstić information content (AvgIpc) is 2.17. The Labute approximate surface area is 95.9 Å². The molecule has 0 radical (unpaired) electrons. The first-order chi connectivity index (χ1) is 7.41. The third kappa shape index (κ3) is 2.97. The number of benzene rings is 1. The molecule has 4 nitrogen and oxygen atoms in total. The van der Waals surface area contributed by atoms with Crippen LogP contribution in [0.25, 0.3) is 0 Å². The van der Waals surface area contributed by atoms with E-state index in [2.05, 4.69) is 5.32 Å². The van der Waals surface area contributed by atoms with Gasteiger partial charge in [0.1, 0.15) is 5.75 Å². The Morgan fingerprint density at radius 2 is 2.00 bits per heavy atom. The van der Waals surface area contributed by atoms with Crippen LogP contribution in [0.5, 0.6) is 5.75 Å². The van der Waals surface area contributed by atoms with Gasteiger partial charge in [0.25, 0.3) is 0 Å². The van der Waals surface area contributed by atoms with Crippen molar-refractivity contribution in [2.24, 2.45) is 0 Å². The van der Waals surface area contributed by atoms with E-state index in [1.165, 1.54) is 0 Å². The molecule has 0 atom stereocenters. The largest absolute Gasteiger partial charge is 0.508 e. The first kappa shape index (κ1) is 12.5. The van der Waals surface area contributed by atoms with Gasteiger partial charge in [-0.15, -0.1) is 0 Å². The predicted octanol–water partition coefficient (Wildman–Crippen LogP) is 1.51. The second kappa shape index (κ2) is 4.99. The van der Waals surface area contributed by atoms with E-state index in [1.54, 1.807) is 24.0 Å². The van der Waals surface area contributed by atoms with Crippen molar-refractivity contribution in [3.05, 3.63) is 23.3 Å². The molecule has 0 spiro atoms. The Bertz CT molecular complexity index is 400. The van der Waals surface area contributed by atoms with Crippen molar-refractivity contribution >= 4 is 11.6 Å². The number of amides is 1. The normalized spacial score (nSPS) is 10.6. The zero-order chi connectivity index (χ0) is 12.3. The summed E-state index contributed by atoms with van der Waals surface area (Å²) in [7, 11) is 3.67. The highest BCUT2D eigenvalue weighted by Crippen LogP contribution is 2.27. The Morgan fingerprint density at radius 3 is 2.56 bits per heavy atom. The van der Waals surface area contributed by atoms with Crippen LogP contribution in [0.1, 0.15) is 11.1 Å². The molecule has 0 heterocycles. The number of nitrogens with one attached hydrogen (secondary N) is 1. The van der Waals surface area contributed by atoms with Gasteiger partial charge in [-0.25, -0.2) is 0 Å². The van der Waals surface area contributed by atoms with Gasteiger partial charge in [0.15, 0.2) is 0 Å². The minimum Gasteiger partial charge on any atom is -0.508 e. The molecule has 1 aromatic carbocycles. The molecule has 4 heteroatoms. The quantitative estimate of drug-likeness (QED) is 0.815. The second-order valence-corrected chi connectivity index (χ2v) is 4.19. The molecule has 16 heavy (non-hydrogen) atoms. The number of anilines is 1. The predicted molar refractivity (Wildman–Crippen MR) is 64.8 cm³/mol. The molecular formula is C12H18N2O2. The maximum Gasteiger partial charge on any atom is 0.238 e. The van der Waals surface area contributed by atoms with E-state index in [0.717, 1.165) is 5.56 Å². The number of carbonyl (C=O) groups is 1. The Kier molecular flexibility index (Phi) is 3.90. The molecule has 0 aliphatic heterocycles. The SMILES string of the molecule is Cc1ccc(O)c(C)c1NC(=O)CN(C)C. The summed E-state index contributed by atoms with van der Waals surface area (Å²) in [5.74, 6) is 0.118. The fourth-order valence-corrected chi connectivity index (χ4v) is 1.49. The minimum absolute atomic E-state index is 0.0817. The number of nitrogens with zero attached hydrogens (tertiary/aromatic N) is 1. The van der Waals surface area contributed by atoms with E-state index in [1.807, 2.05) is 21.0 Å². The number of aromatic hydroxyl groups is 1. The van der Waals surface area contributed by atoms with E-state index >= 15 is 0 Å². The van der Waals surface area contributed by atoms with Gasteiger partial charge >= 0.3 is 0 Å². The molecule has 0 saturated heterocycles. The number of phenols is 1. The lowest BCUT2D eigenvalue weighted by Crippen LogP contribution is -2.27. The number of carbonyl (C=O) groups excluding carboxylic acids is 1. The summed E-state index contributed by atoms with van der Waals surface area (Å²) in [6.45, 7) is 4.01. The Morgan fingerprint density at radius 1 is 1.38 bits per heavy atom. The zero-order valence-electron chi connectivity index (χ0n) is 10.2. The molecule has 1 rings (SSSR count). The fourth-order valence-electron chi connectivity index (χ4n) is 1.49. The lowest BCUT2D eigenvalue weighted by molar-refractivity contribution is -0.116. The van der Waals surface area contributed by atoms with Crippen LogP contribution in [0.2, 0.25) is 0 Å². The topological polar surface area (TPSA) is 52.6 Å². The third-order valence-electron chi connectivity index (χ3n) is 2.37. The first-order valence-corrected chi connectivity index (χ1v) is 5.15. The third-order valence-corrected chi connectivity index (χ3v) is 2.37. The van der Waals surface area contributed by atoms with E-state index in [0.29, 0.717) is 17.8 Å². The smallest absolute Gasteiger partial charge is 0.238 e. The van der Waals surface area contributed by atoms with Crippen LogP contribution in [-0.2, 0) is 4.79 Å². The highest BCUT2D eigenvalue weighted by molar-refractivity contribution is 5.94. The van der Waals surface area contributed by atoms with Crippen LogP contribution in [0.4, 0.5) is 5.69 Å². The van der Waals surface area contributed by atoms with Crippen molar-refractivity contribution < 1.29 is 9.90 Å². The van der Waals surface area contributed by atoms with E-state index < -0.39 is 0 Å². The van der Waals surface area contributed by atoms with Crippen molar-refractivity contribution in [3.63, 3.8) is 0 Å². The van der Waals surface area contributed by atoms with Gasteiger partial charge in [0.05, 0.1) is 12.2 Å². The standard InChI is InChI=1S/C12H18N2O2/c1-8-5-6-10(15)9(2)12(8)13-11(16)7-14(3)4/h5-6,15H,7H2,1-4H3,(H,13,16). The van der Waals surface area contributed by atoms with Crippen LogP contribution in [0, 0.1) is 13.8 Å². The van der Waals surface area contributed by atoms with Crippen LogP contribution >= 0.6 is 0 Å². The summed E-state index contributed by atoms with van der Waals surface area (Å²) in [5.41, 5.74) is 2.35. The van der Waals surface area contributed by atoms with Gasteiger partial charge in [-0.3, -0.25) is 4.79 Å². The van der Waals surface area contributed by atoms with Crippen molar-refractivity contribution in [1.29, 1.82) is 0 Å². The zero-order valence-corrected chi connectivity index (χ0v) is 10.2. The van der Waals surface area contributed by atoms with E-state index in [9.17, 15) is 9.90 Å². The molecule has 88 valence electrons.